The Morgan fingerprint density at radius 1 is 1.35 bits per heavy atom. The van der Waals surface area contributed by atoms with Gasteiger partial charge < -0.3 is 9.73 Å². The van der Waals surface area contributed by atoms with E-state index in [2.05, 4.69) is 10.0 Å². The van der Waals surface area contributed by atoms with Crippen LogP contribution < -0.4 is 10.0 Å². The SMILES string of the molecule is Cc1oc(CNC2CC2)cc1S(=O)(=O)NC(C)C1CC1. The van der Waals surface area contributed by atoms with Gasteiger partial charge in [-0.25, -0.2) is 13.1 Å². The predicted molar refractivity (Wildman–Crippen MR) is 75.8 cm³/mol. The summed E-state index contributed by atoms with van der Waals surface area (Å²) in [5.74, 6) is 1.65. The minimum absolute atomic E-state index is 0.00217. The summed E-state index contributed by atoms with van der Waals surface area (Å²) in [5, 5.41) is 3.32. The average Bonchev–Trinajstić information content (AvgIpc) is 3.24. The van der Waals surface area contributed by atoms with E-state index in [0.717, 1.165) is 12.8 Å². The highest BCUT2D eigenvalue weighted by Gasteiger charge is 2.32. The molecule has 112 valence electrons. The number of aryl methyl sites for hydroxylation is 1. The number of sulfonamides is 1. The third kappa shape index (κ3) is 3.24. The molecular formula is C14H22N2O3S. The molecule has 1 atom stereocenters. The van der Waals surface area contributed by atoms with E-state index in [1.165, 1.54) is 12.8 Å². The van der Waals surface area contributed by atoms with Gasteiger partial charge >= 0.3 is 0 Å². The van der Waals surface area contributed by atoms with E-state index < -0.39 is 10.0 Å². The molecule has 0 spiro atoms. The molecular weight excluding hydrogens is 276 g/mol. The van der Waals surface area contributed by atoms with Crippen molar-refractivity contribution in [1.82, 2.24) is 10.0 Å². The van der Waals surface area contributed by atoms with Crippen molar-refractivity contribution in [2.75, 3.05) is 0 Å². The molecule has 3 rings (SSSR count). The van der Waals surface area contributed by atoms with Crippen molar-refractivity contribution in [3.8, 4) is 0 Å². The zero-order chi connectivity index (χ0) is 14.3. The molecule has 2 fully saturated rings. The Morgan fingerprint density at radius 3 is 2.65 bits per heavy atom. The fourth-order valence-electron chi connectivity index (χ4n) is 2.41. The van der Waals surface area contributed by atoms with Gasteiger partial charge in [0, 0.05) is 18.2 Å². The van der Waals surface area contributed by atoms with E-state index in [0.29, 0.717) is 30.0 Å². The average molecular weight is 298 g/mol. The van der Waals surface area contributed by atoms with Crippen LogP contribution in [-0.4, -0.2) is 20.5 Å². The van der Waals surface area contributed by atoms with E-state index in [-0.39, 0.29) is 10.9 Å². The summed E-state index contributed by atoms with van der Waals surface area (Å²) in [6.45, 7) is 4.23. The maximum absolute atomic E-state index is 12.4. The normalized spacial score (nSPS) is 21.1. The lowest BCUT2D eigenvalue weighted by Gasteiger charge is -2.12. The summed E-state index contributed by atoms with van der Waals surface area (Å²) >= 11 is 0. The zero-order valence-electron chi connectivity index (χ0n) is 12.0. The lowest BCUT2D eigenvalue weighted by molar-refractivity contribution is 0.455. The summed E-state index contributed by atoms with van der Waals surface area (Å²) in [4.78, 5) is 0.276. The molecule has 1 unspecified atom stereocenters. The van der Waals surface area contributed by atoms with Crippen LogP contribution in [-0.2, 0) is 16.6 Å². The minimum atomic E-state index is -3.47. The first-order valence-corrected chi connectivity index (χ1v) is 8.79. The third-order valence-electron chi connectivity index (χ3n) is 4.03. The molecule has 2 aliphatic carbocycles. The van der Waals surface area contributed by atoms with E-state index in [9.17, 15) is 8.42 Å². The van der Waals surface area contributed by atoms with Gasteiger partial charge in [0.05, 0.1) is 6.54 Å². The Kier molecular flexibility index (Phi) is 3.64. The van der Waals surface area contributed by atoms with E-state index >= 15 is 0 Å². The van der Waals surface area contributed by atoms with Crippen LogP contribution in [0.15, 0.2) is 15.4 Å². The summed E-state index contributed by atoms with van der Waals surface area (Å²) in [6.07, 6.45) is 4.63. The van der Waals surface area contributed by atoms with Crippen molar-refractivity contribution in [2.24, 2.45) is 5.92 Å². The monoisotopic (exact) mass is 298 g/mol. The van der Waals surface area contributed by atoms with E-state index in [4.69, 9.17) is 4.42 Å². The van der Waals surface area contributed by atoms with Crippen molar-refractivity contribution >= 4 is 10.0 Å². The van der Waals surface area contributed by atoms with Gasteiger partial charge in [0.25, 0.3) is 0 Å². The Bertz CT molecular complexity index is 586. The molecule has 1 heterocycles. The maximum atomic E-state index is 12.4. The van der Waals surface area contributed by atoms with Crippen LogP contribution in [0.2, 0.25) is 0 Å². The van der Waals surface area contributed by atoms with Crippen molar-refractivity contribution in [1.29, 1.82) is 0 Å². The molecule has 2 saturated carbocycles. The van der Waals surface area contributed by atoms with Gasteiger partial charge in [-0.15, -0.1) is 0 Å². The molecule has 20 heavy (non-hydrogen) atoms. The van der Waals surface area contributed by atoms with Crippen LogP contribution in [0.5, 0.6) is 0 Å². The van der Waals surface area contributed by atoms with E-state index in [1.54, 1.807) is 13.0 Å². The standard InChI is InChI=1S/C14H22N2O3S/c1-9(11-3-4-11)16-20(17,18)14-7-13(19-10(14)2)8-15-12-5-6-12/h7,9,11-12,15-16H,3-6,8H2,1-2H3. The summed E-state index contributed by atoms with van der Waals surface area (Å²) in [6, 6.07) is 2.22. The van der Waals surface area contributed by atoms with Gasteiger partial charge in [-0.2, -0.15) is 0 Å². The van der Waals surface area contributed by atoms with Crippen LogP contribution in [0.3, 0.4) is 0 Å². The van der Waals surface area contributed by atoms with Crippen molar-refractivity contribution < 1.29 is 12.8 Å². The molecule has 5 nitrogen and oxygen atoms in total. The minimum Gasteiger partial charge on any atom is -0.464 e. The number of hydrogen-bond donors (Lipinski definition) is 2. The number of hydrogen-bond acceptors (Lipinski definition) is 4. The second-order valence-electron chi connectivity index (χ2n) is 6.04. The Balaban J connectivity index is 1.70. The molecule has 0 aliphatic heterocycles. The quantitative estimate of drug-likeness (QED) is 0.807. The van der Waals surface area contributed by atoms with Crippen LogP contribution in [0.4, 0.5) is 0 Å². The Hall–Kier alpha value is -0.850. The second-order valence-corrected chi connectivity index (χ2v) is 7.72. The van der Waals surface area contributed by atoms with Gasteiger partial charge in [0.15, 0.2) is 0 Å². The lowest BCUT2D eigenvalue weighted by atomic mass is 10.2. The molecule has 0 aromatic carbocycles. The van der Waals surface area contributed by atoms with E-state index in [1.807, 2.05) is 6.92 Å². The largest absolute Gasteiger partial charge is 0.464 e. The smallest absolute Gasteiger partial charge is 0.244 e. The fraction of sp³-hybridized carbons (Fsp3) is 0.714. The molecule has 2 aliphatic rings. The molecule has 6 heteroatoms. The molecule has 1 aromatic heterocycles. The van der Waals surface area contributed by atoms with Crippen LogP contribution in [0.1, 0.15) is 44.1 Å². The molecule has 0 saturated heterocycles. The van der Waals surface area contributed by atoms with Crippen molar-refractivity contribution in [3.05, 3.63) is 17.6 Å². The van der Waals surface area contributed by atoms with Crippen LogP contribution in [0, 0.1) is 12.8 Å². The second kappa shape index (κ2) is 5.16. The van der Waals surface area contributed by atoms with Gasteiger partial charge in [0.1, 0.15) is 16.4 Å². The number of nitrogens with one attached hydrogen (secondary N) is 2. The summed E-state index contributed by atoms with van der Waals surface area (Å²) in [7, 11) is -3.47. The predicted octanol–water partition coefficient (Wildman–Crippen LogP) is 1.92. The Morgan fingerprint density at radius 2 is 2.05 bits per heavy atom. The topological polar surface area (TPSA) is 71.3 Å². The highest BCUT2D eigenvalue weighted by molar-refractivity contribution is 7.89. The number of rotatable bonds is 7. The maximum Gasteiger partial charge on any atom is 0.244 e. The van der Waals surface area contributed by atoms with Gasteiger partial charge in [0.2, 0.25) is 10.0 Å². The fourth-order valence-corrected chi connectivity index (χ4v) is 3.93. The van der Waals surface area contributed by atoms with Gasteiger partial charge in [-0.3, -0.25) is 0 Å². The lowest BCUT2D eigenvalue weighted by Crippen LogP contribution is -2.34. The summed E-state index contributed by atoms with van der Waals surface area (Å²) < 4.78 is 33.0. The molecule has 0 bridgehead atoms. The van der Waals surface area contributed by atoms with Gasteiger partial charge in [-0.1, -0.05) is 0 Å². The molecule has 0 amide bonds. The van der Waals surface area contributed by atoms with Gasteiger partial charge in [-0.05, 0) is 45.4 Å². The van der Waals surface area contributed by atoms with Crippen molar-refractivity contribution in [2.45, 2.75) is 63.1 Å². The summed E-state index contributed by atoms with van der Waals surface area (Å²) in [5.41, 5.74) is 0. The zero-order valence-corrected chi connectivity index (χ0v) is 12.8. The molecule has 2 N–H and O–H groups in total. The third-order valence-corrected chi connectivity index (χ3v) is 5.69. The van der Waals surface area contributed by atoms with Crippen LogP contribution >= 0.6 is 0 Å². The highest BCUT2D eigenvalue weighted by Crippen LogP contribution is 2.33. The first-order chi connectivity index (χ1) is 9.45. The molecule has 1 aromatic rings. The van der Waals surface area contributed by atoms with Crippen LogP contribution in [0.25, 0.3) is 0 Å². The first kappa shape index (κ1) is 14.1. The first-order valence-electron chi connectivity index (χ1n) is 7.31. The van der Waals surface area contributed by atoms with Crippen molar-refractivity contribution in [3.63, 3.8) is 0 Å². The number of furan rings is 1. The highest BCUT2D eigenvalue weighted by atomic mass is 32.2. The molecule has 0 radical (unpaired) electrons. The Labute approximate surface area is 120 Å².